The molecular formula is C12H17N3O. The van der Waals surface area contributed by atoms with Gasteiger partial charge < -0.3 is 10.2 Å². The molecule has 0 fully saturated rings. The molecule has 2 heterocycles. The van der Waals surface area contributed by atoms with Crippen molar-refractivity contribution in [3.8, 4) is 0 Å². The Kier molecular flexibility index (Phi) is 2.58. The third-order valence-corrected chi connectivity index (χ3v) is 2.50. The molecule has 0 bridgehead atoms. The lowest BCUT2D eigenvalue weighted by Crippen LogP contribution is -1.99. The van der Waals surface area contributed by atoms with Crippen LogP contribution < -0.4 is 5.73 Å². The highest BCUT2D eigenvalue weighted by Crippen LogP contribution is 2.26. The van der Waals surface area contributed by atoms with Crippen molar-refractivity contribution >= 4 is 16.9 Å². The summed E-state index contributed by atoms with van der Waals surface area (Å²) in [5, 5.41) is 0. The highest BCUT2D eigenvalue weighted by molar-refractivity contribution is 5.74. The molecule has 4 heteroatoms. The molecule has 0 unspecified atom stereocenters. The van der Waals surface area contributed by atoms with Crippen molar-refractivity contribution < 1.29 is 4.42 Å². The lowest BCUT2D eigenvalue weighted by atomic mass is 10.1. The van der Waals surface area contributed by atoms with Gasteiger partial charge in [0.25, 0.3) is 0 Å². The predicted octanol–water partition coefficient (Wildman–Crippen LogP) is 3.05. The molecular weight excluding hydrogens is 202 g/mol. The van der Waals surface area contributed by atoms with Crippen molar-refractivity contribution in [2.24, 2.45) is 0 Å². The van der Waals surface area contributed by atoms with Gasteiger partial charge >= 0.3 is 0 Å². The third-order valence-electron chi connectivity index (χ3n) is 2.50. The number of nitrogens with two attached hydrogens (primary N) is 1. The second-order valence-electron chi connectivity index (χ2n) is 4.65. The first kappa shape index (κ1) is 10.9. The number of rotatable bonds is 2. The zero-order chi connectivity index (χ0) is 11.9. The molecule has 2 rings (SSSR count). The molecule has 2 N–H and O–H groups in total. The zero-order valence-corrected chi connectivity index (χ0v) is 10.1. The molecule has 0 saturated heterocycles. The van der Waals surface area contributed by atoms with Crippen molar-refractivity contribution in [1.82, 2.24) is 9.97 Å². The molecule has 0 amide bonds. The minimum atomic E-state index is 0.262. The smallest absolute Gasteiger partial charge is 0.247 e. The van der Waals surface area contributed by atoms with Crippen LogP contribution in [0, 0.1) is 0 Å². The first-order valence-electron chi connectivity index (χ1n) is 5.56. The average molecular weight is 219 g/mol. The molecule has 0 spiro atoms. The van der Waals surface area contributed by atoms with Gasteiger partial charge in [0.2, 0.25) is 5.71 Å². The Morgan fingerprint density at radius 3 is 2.38 bits per heavy atom. The first-order valence-corrected chi connectivity index (χ1v) is 5.56. The Hall–Kier alpha value is -1.58. The zero-order valence-electron chi connectivity index (χ0n) is 10.1. The van der Waals surface area contributed by atoms with Crippen LogP contribution in [0.3, 0.4) is 0 Å². The van der Waals surface area contributed by atoms with Gasteiger partial charge in [-0.2, -0.15) is 0 Å². The fourth-order valence-electron chi connectivity index (χ4n) is 1.62. The Morgan fingerprint density at radius 1 is 1.12 bits per heavy atom. The van der Waals surface area contributed by atoms with Crippen LogP contribution in [-0.2, 0) is 0 Å². The molecule has 86 valence electrons. The van der Waals surface area contributed by atoms with Crippen molar-refractivity contribution in [3.05, 3.63) is 17.7 Å². The number of nitrogen functional groups attached to an aromatic ring is 1. The van der Waals surface area contributed by atoms with Crippen LogP contribution in [0.15, 0.2) is 10.5 Å². The van der Waals surface area contributed by atoms with E-state index in [1.54, 1.807) is 0 Å². The summed E-state index contributed by atoms with van der Waals surface area (Å²) in [4.78, 5) is 8.79. The van der Waals surface area contributed by atoms with Gasteiger partial charge in [0.05, 0.1) is 11.4 Å². The van der Waals surface area contributed by atoms with Crippen LogP contribution in [0.1, 0.15) is 51.1 Å². The van der Waals surface area contributed by atoms with Crippen LogP contribution in [0.2, 0.25) is 0 Å². The highest BCUT2D eigenvalue weighted by atomic mass is 16.4. The Bertz CT molecular complexity index is 514. The van der Waals surface area contributed by atoms with Crippen molar-refractivity contribution in [1.29, 1.82) is 0 Å². The molecule has 0 aliphatic heterocycles. The molecule has 2 aromatic heterocycles. The van der Waals surface area contributed by atoms with Gasteiger partial charge in [0.1, 0.15) is 5.52 Å². The van der Waals surface area contributed by atoms with E-state index in [4.69, 9.17) is 10.2 Å². The number of anilines is 1. The molecule has 4 nitrogen and oxygen atoms in total. The monoisotopic (exact) mass is 219 g/mol. The van der Waals surface area contributed by atoms with E-state index < -0.39 is 0 Å². The first-order chi connectivity index (χ1) is 7.49. The number of hydrogen-bond acceptors (Lipinski definition) is 4. The SMILES string of the molecule is CC(C)c1nc2cc(N)c(C(C)C)nc2o1. The van der Waals surface area contributed by atoms with Gasteiger partial charge in [-0.05, 0) is 12.0 Å². The second kappa shape index (κ2) is 3.77. The van der Waals surface area contributed by atoms with E-state index in [0.29, 0.717) is 17.3 Å². The van der Waals surface area contributed by atoms with Gasteiger partial charge in [-0.15, -0.1) is 0 Å². The van der Waals surface area contributed by atoms with Gasteiger partial charge in [-0.25, -0.2) is 9.97 Å². The second-order valence-corrected chi connectivity index (χ2v) is 4.65. The summed E-state index contributed by atoms with van der Waals surface area (Å²) in [6.07, 6.45) is 0. The summed E-state index contributed by atoms with van der Waals surface area (Å²) < 4.78 is 5.60. The van der Waals surface area contributed by atoms with E-state index in [0.717, 1.165) is 11.2 Å². The Morgan fingerprint density at radius 2 is 1.81 bits per heavy atom. The lowest BCUT2D eigenvalue weighted by Gasteiger charge is -2.06. The molecule has 0 saturated carbocycles. The maximum absolute atomic E-state index is 5.93. The number of fused-ring (bicyclic) bond motifs is 1. The molecule has 2 aromatic rings. The lowest BCUT2D eigenvalue weighted by molar-refractivity contribution is 0.493. The molecule has 16 heavy (non-hydrogen) atoms. The molecule has 0 atom stereocenters. The summed E-state index contributed by atoms with van der Waals surface area (Å²) in [7, 11) is 0. The largest absolute Gasteiger partial charge is 0.422 e. The normalized spacial score (nSPS) is 11.9. The van der Waals surface area contributed by atoms with Crippen LogP contribution in [0.25, 0.3) is 11.2 Å². The van der Waals surface area contributed by atoms with E-state index >= 15 is 0 Å². The summed E-state index contributed by atoms with van der Waals surface area (Å²) >= 11 is 0. The predicted molar refractivity (Wildman–Crippen MR) is 64.4 cm³/mol. The quantitative estimate of drug-likeness (QED) is 0.843. The minimum absolute atomic E-state index is 0.262. The van der Waals surface area contributed by atoms with E-state index in [9.17, 15) is 0 Å². The number of hydrogen-bond donors (Lipinski definition) is 1. The van der Waals surface area contributed by atoms with E-state index in [2.05, 4.69) is 23.8 Å². The third kappa shape index (κ3) is 1.75. The van der Waals surface area contributed by atoms with Crippen LogP contribution in [-0.4, -0.2) is 9.97 Å². The van der Waals surface area contributed by atoms with E-state index in [1.807, 2.05) is 19.9 Å². The van der Waals surface area contributed by atoms with Crippen LogP contribution in [0.5, 0.6) is 0 Å². The molecule has 0 aliphatic rings. The van der Waals surface area contributed by atoms with Gasteiger partial charge in [-0.1, -0.05) is 27.7 Å². The van der Waals surface area contributed by atoms with Crippen molar-refractivity contribution in [2.45, 2.75) is 39.5 Å². The fourth-order valence-corrected chi connectivity index (χ4v) is 1.62. The number of oxazole rings is 1. The maximum Gasteiger partial charge on any atom is 0.247 e. The molecule has 0 radical (unpaired) electrons. The standard InChI is InChI=1S/C12H17N3O/c1-6(2)10-8(13)5-9-12(15-10)16-11(14-9)7(3)4/h5-7H,13H2,1-4H3. The average Bonchev–Trinajstić information content (AvgIpc) is 2.58. The number of pyridine rings is 1. The van der Waals surface area contributed by atoms with Gasteiger partial charge in [-0.3, -0.25) is 0 Å². The minimum Gasteiger partial charge on any atom is -0.422 e. The van der Waals surface area contributed by atoms with Crippen LogP contribution >= 0.6 is 0 Å². The highest BCUT2D eigenvalue weighted by Gasteiger charge is 2.14. The van der Waals surface area contributed by atoms with Crippen molar-refractivity contribution in [3.63, 3.8) is 0 Å². The number of nitrogens with zero attached hydrogens (tertiary/aromatic N) is 2. The van der Waals surface area contributed by atoms with Gasteiger partial charge in [0.15, 0.2) is 5.89 Å². The van der Waals surface area contributed by atoms with Crippen LogP contribution in [0.4, 0.5) is 5.69 Å². The number of aromatic nitrogens is 2. The summed E-state index contributed by atoms with van der Waals surface area (Å²) in [5.74, 6) is 1.26. The van der Waals surface area contributed by atoms with Crippen molar-refractivity contribution in [2.75, 3.05) is 5.73 Å². The Labute approximate surface area is 94.9 Å². The Balaban J connectivity index is 2.61. The maximum atomic E-state index is 5.93. The summed E-state index contributed by atoms with van der Waals surface area (Å²) in [6, 6.07) is 1.84. The molecule has 0 aromatic carbocycles. The molecule has 0 aliphatic carbocycles. The topological polar surface area (TPSA) is 64.9 Å². The van der Waals surface area contributed by atoms with Gasteiger partial charge in [0, 0.05) is 5.92 Å². The van der Waals surface area contributed by atoms with E-state index in [-0.39, 0.29) is 11.8 Å². The fraction of sp³-hybridized carbons (Fsp3) is 0.500. The summed E-state index contributed by atoms with van der Waals surface area (Å²) in [5.41, 5.74) is 8.82. The van der Waals surface area contributed by atoms with E-state index in [1.165, 1.54) is 0 Å². The summed E-state index contributed by atoms with van der Waals surface area (Å²) in [6.45, 7) is 8.20.